The van der Waals surface area contributed by atoms with E-state index < -0.39 is 5.60 Å². The maximum absolute atomic E-state index is 10.8. The minimum atomic E-state index is -1.15. The number of aliphatic hydroxyl groups is 1. The summed E-state index contributed by atoms with van der Waals surface area (Å²) in [5, 5.41) is 17.5. The van der Waals surface area contributed by atoms with Crippen LogP contribution in [-0.2, 0) is 5.60 Å². The van der Waals surface area contributed by atoms with Crippen LogP contribution in [0.15, 0.2) is 51.9 Å². The van der Waals surface area contributed by atoms with Crippen LogP contribution < -0.4 is 10.6 Å². The lowest BCUT2D eigenvalue weighted by atomic mass is 10.0. The molecule has 1 aliphatic heterocycles. The Morgan fingerprint density at radius 2 is 1.90 bits per heavy atom. The average molecular weight is 399 g/mol. The number of furan rings is 1. The molecule has 2 atom stereocenters. The summed E-state index contributed by atoms with van der Waals surface area (Å²) < 4.78 is 5.60. The molecule has 2 aromatic rings. The number of aliphatic imine (C=N–C) groups is 1. The van der Waals surface area contributed by atoms with Gasteiger partial charge < -0.3 is 20.2 Å². The Balaban J connectivity index is 1.68. The van der Waals surface area contributed by atoms with E-state index in [0.29, 0.717) is 17.8 Å². The quantitative estimate of drug-likeness (QED) is 0.470. The predicted octanol–water partition coefficient (Wildman–Crippen LogP) is 3.19. The largest absolute Gasteiger partial charge is 0.463 e. The van der Waals surface area contributed by atoms with Gasteiger partial charge in [-0.1, -0.05) is 30.3 Å². The van der Waals surface area contributed by atoms with Gasteiger partial charge in [0.15, 0.2) is 5.96 Å². The molecule has 1 aromatic carbocycles. The Hall–Kier alpha value is -2.31. The molecule has 2 unspecified atom stereocenters. The summed E-state index contributed by atoms with van der Waals surface area (Å²) in [5.41, 5.74) is 0.167. The van der Waals surface area contributed by atoms with Crippen LogP contribution in [0.1, 0.15) is 49.8 Å². The third-order valence-electron chi connectivity index (χ3n) is 5.39. The molecule has 0 saturated carbocycles. The van der Waals surface area contributed by atoms with Crippen LogP contribution in [-0.4, -0.2) is 48.7 Å². The van der Waals surface area contributed by atoms with Gasteiger partial charge in [0, 0.05) is 13.1 Å². The Labute approximate surface area is 174 Å². The highest BCUT2D eigenvalue weighted by molar-refractivity contribution is 5.79. The molecule has 0 aliphatic carbocycles. The molecular formula is C23H34N4O2. The van der Waals surface area contributed by atoms with Crippen molar-refractivity contribution >= 4 is 5.96 Å². The maximum Gasteiger partial charge on any atom is 0.191 e. The van der Waals surface area contributed by atoms with E-state index >= 15 is 0 Å². The van der Waals surface area contributed by atoms with Crippen molar-refractivity contribution in [1.82, 2.24) is 15.5 Å². The first kappa shape index (κ1) is 21.4. The van der Waals surface area contributed by atoms with Crippen molar-refractivity contribution in [3.63, 3.8) is 0 Å². The molecular weight excluding hydrogens is 364 g/mol. The van der Waals surface area contributed by atoms with Crippen LogP contribution in [0.5, 0.6) is 0 Å². The molecule has 1 aliphatic rings. The van der Waals surface area contributed by atoms with Crippen molar-refractivity contribution in [1.29, 1.82) is 0 Å². The minimum Gasteiger partial charge on any atom is -0.463 e. The van der Waals surface area contributed by atoms with Gasteiger partial charge in [0.2, 0.25) is 0 Å². The van der Waals surface area contributed by atoms with Gasteiger partial charge >= 0.3 is 0 Å². The number of hydrogen-bond donors (Lipinski definition) is 3. The summed E-state index contributed by atoms with van der Waals surface area (Å²) in [4.78, 5) is 7.16. The van der Waals surface area contributed by atoms with E-state index in [0.717, 1.165) is 31.9 Å². The molecule has 2 heterocycles. The first-order valence-corrected chi connectivity index (χ1v) is 10.6. The normalized spacial score (nSPS) is 18.4. The molecule has 6 nitrogen and oxygen atoms in total. The van der Waals surface area contributed by atoms with Gasteiger partial charge in [-0.3, -0.25) is 4.90 Å². The molecule has 0 amide bonds. The number of likely N-dealkylation sites (tertiary alicyclic amines) is 1. The van der Waals surface area contributed by atoms with Gasteiger partial charge in [0.1, 0.15) is 17.1 Å². The summed E-state index contributed by atoms with van der Waals surface area (Å²) in [7, 11) is 0. The smallest absolute Gasteiger partial charge is 0.191 e. The number of nitrogens with zero attached hydrogens (tertiary/aromatic N) is 2. The number of guanidine groups is 1. The number of hydrogen-bond acceptors (Lipinski definition) is 4. The zero-order chi connectivity index (χ0) is 20.7. The third-order valence-corrected chi connectivity index (χ3v) is 5.39. The van der Waals surface area contributed by atoms with E-state index in [4.69, 9.17) is 4.42 Å². The first-order valence-electron chi connectivity index (χ1n) is 10.6. The number of aryl methyl sites for hydroxylation is 1. The standard InChI is InChI=1S/C23H34N4O2/c1-4-24-22(26-17-23(3,28)21-13-12-18(2)29-21)25-16-20(27-14-8-9-15-27)19-10-6-5-7-11-19/h5-7,10-13,20,28H,4,8-9,14-17H2,1-3H3,(H2,24,25,26). The van der Waals surface area contributed by atoms with Gasteiger partial charge in [0.25, 0.3) is 0 Å². The molecule has 1 saturated heterocycles. The monoisotopic (exact) mass is 398 g/mol. The van der Waals surface area contributed by atoms with Crippen LogP contribution in [0, 0.1) is 6.92 Å². The third kappa shape index (κ3) is 5.84. The second kappa shape index (κ2) is 9.94. The summed E-state index contributed by atoms with van der Waals surface area (Å²) in [6, 6.07) is 14.6. The Bertz CT molecular complexity index is 779. The highest BCUT2D eigenvalue weighted by atomic mass is 16.4. The Kier molecular flexibility index (Phi) is 7.34. The summed E-state index contributed by atoms with van der Waals surface area (Å²) in [6.07, 6.45) is 2.51. The topological polar surface area (TPSA) is 73.0 Å². The second-order valence-corrected chi connectivity index (χ2v) is 7.93. The molecule has 1 fully saturated rings. The van der Waals surface area contributed by atoms with Crippen molar-refractivity contribution < 1.29 is 9.52 Å². The van der Waals surface area contributed by atoms with E-state index in [9.17, 15) is 5.11 Å². The summed E-state index contributed by atoms with van der Waals surface area (Å²) >= 11 is 0. The molecule has 3 rings (SSSR count). The number of nitrogens with one attached hydrogen (secondary N) is 2. The van der Waals surface area contributed by atoms with Crippen LogP contribution in [0.2, 0.25) is 0 Å². The van der Waals surface area contributed by atoms with Crippen LogP contribution >= 0.6 is 0 Å². The summed E-state index contributed by atoms with van der Waals surface area (Å²) in [6.45, 7) is 9.63. The molecule has 6 heteroatoms. The maximum atomic E-state index is 10.8. The zero-order valence-corrected chi connectivity index (χ0v) is 17.8. The van der Waals surface area contributed by atoms with E-state index in [1.54, 1.807) is 6.92 Å². The van der Waals surface area contributed by atoms with Crippen LogP contribution in [0.25, 0.3) is 0 Å². The molecule has 158 valence electrons. The minimum absolute atomic E-state index is 0.217. The predicted molar refractivity (Wildman–Crippen MR) is 117 cm³/mol. The van der Waals surface area contributed by atoms with E-state index in [2.05, 4.69) is 50.9 Å². The van der Waals surface area contributed by atoms with Gasteiger partial charge in [0.05, 0.1) is 12.6 Å². The lowest BCUT2D eigenvalue weighted by Crippen LogP contribution is -2.43. The van der Waals surface area contributed by atoms with Crippen molar-refractivity contribution in [2.45, 2.75) is 45.3 Å². The lowest BCUT2D eigenvalue weighted by molar-refractivity contribution is 0.0428. The van der Waals surface area contributed by atoms with Crippen molar-refractivity contribution in [3.05, 3.63) is 59.5 Å². The summed E-state index contributed by atoms with van der Waals surface area (Å²) in [5.74, 6) is 2.02. The van der Waals surface area contributed by atoms with Crippen LogP contribution in [0.3, 0.4) is 0 Å². The zero-order valence-electron chi connectivity index (χ0n) is 17.8. The van der Waals surface area contributed by atoms with Crippen LogP contribution in [0.4, 0.5) is 0 Å². The van der Waals surface area contributed by atoms with Gasteiger partial charge in [-0.05, 0) is 64.4 Å². The van der Waals surface area contributed by atoms with E-state index in [1.165, 1.54) is 18.4 Å². The van der Waals surface area contributed by atoms with E-state index in [1.807, 2.05) is 26.0 Å². The van der Waals surface area contributed by atoms with Gasteiger partial charge in [-0.25, -0.2) is 4.99 Å². The van der Waals surface area contributed by atoms with Crippen molar-refractivity contribution in [2.24, 2.45) is 4.99 Å². The fourth-order valence-electron chi connectivity index (χ4n) is 3.76. The molecule has 0 radical (unpaired) electrons. The first-order chi connectivity index (χ1) is 14.0. The highest BCUT2D eigenvalue weighted by Crippen LogP contribution is 2.25. The number of benzene rings is 1. The highest BCUT2D eigenvalue weighted by Gasteiger charge is 2.27. The molecule has 0 bridgehead atoms. The Morgan fingerprint density at radius 1 is 1.17 bits per heavy atom. The fraction of sp³-hybridized carbons (Fsp3) is 0.522. The molecule has 1 aromatic heterocycles. The van der Waals surface area contributed by atoms with Gasteiger partial charge in [-0.2, -0.15) is 0 Å². The average Bonchev–Trinajstić information content (AvgIpc) is 3.39. The lowest BCUT2D eigenvalue weighted by Gasteiger charge is -2.29. The molecule has 3 N–H and O–H groups in total. The molecule has 0 spiro atoms. The van der Waals surface area contributed by atoms with Crippen molar-refractivity contribution in [2.75, 3.05) is 32.7 Å². The SMILES string of the molecule is CCNC(=NCC(C)(O)c1ccc(C)o1)NCC(c1ccccc1)N1CCCC1. The second-order valence-electron chi connectivity index (χ2n) is 7.93. The van der Waals surface area contributed by atoms with Crippen molar-refractivity contribution in [3.8, 4) is 0 Å². The fourth-order valence-corrected chi connectivity index (χ4v) is 3.76. The molecule has 29 heavy (non-hydrogen) atoms. The van der Waals surface area contributed by atoms with E-state index in [-0.39, 0.29) is 6.54 Å². The number of rotatable bonds is 8. The van der Waals surface area contributed by atoms with Gasteiger partial charge in [-0.15, -0.1) is 0 Å². The Morgan fingerprint density at radius 3 is 2.52 bits per heavy atom.